The first-order valence-corrected chi connectivity index (χ1v) is 6.24. The van der Waals surface area contributed by atoms with E-state index in [-0.39, 0.29) is 0 Å². The average Bonchev–Trinajstić information content (AvgIpc) is 3.03. The Kier molecular flexibility index (Phi) is 3.42. The van der Waals surface area contributed by atoms with Gasteiger partial charge in [0.15, 0.2) is 0 Å². The lowest BCUT2D eigenvalue weighted by atomic mass is 10.2. The van der Waals surface area contributed by atoms with Crippen LogP contribution in [0.2, 0.25) is 0 Å². The lowest BCUT2D eigenvalue weighted by Gasteiger charge is -2.04. The molecule has 2 aromatic heterocycles. The monoisotopic (exact) mass is 281 g/mol. The Labute approximate surface area is 120 Å². The molecule has 0 saturated carbocycles. The highest BCUT2D eigenvalue weighted by atomic mass is 16.5. The quantitative estimate of drug-likeness (QED) is 0.542. The van der Waals surface area contributed by atoms with Gasteiger partial charge in [-0.2, -0.15) is 0 Å². The Morgan fingerprint density at radius 2 is 1.95 bits per heavy atom. The molecule has 1 aromatic carbocycles. The highest BCUT2D eigenvalue weighted by Crippen LogP contribution is 2.20. The second-order valence-electron chi connectivity index (χ2n) is 4.35. The van der Waals surface area contributed by atoms with Crippen molar-refractivity contribution in [2.24, 2.45) is 0 Å². The minimum Gasteiger partial charge on any atom is -0.423 e. The van der Waals surface area contributed by atoms with Crippen LogP contribution in [0, 0.1) is 6.92 Å². The molecule has 3 rings (SSSR count). The van der Waals surface area contributed by atoms with Crippen LogP contribution in [0.25, 0.3) is 11.5 Å². The van der Waals surface area contributed by atoms with E-state index in [0.29, 0.717) is 17.2 Å². The molecule has 0 aliphatic rings. The van der Waals surface area contributed by atoms with Gasteiger partial charge in [0.1, 0.15) is 5.75 Å². The topological polar surface area (TPSA) is 78.1 Å². The summed E-state index contributed by atoms with van der Waals surface area (Å²) >= 11 is 0. The van der Waals surface area contributed by atoms with Crippen LogP contribution in [0.4, 0.5) is 0 Å². The summed E-state index contributed by atoms with van der Waals surface area (Å²) in [5.74, 6) is 0.396. The van der Waals surface area contributed by atoms with Gasteiger partial charge in [0.2, 0.25) is 12.3 Å². The molecule has 3 aromatic rings. The molecule has 0 aliphatic heterocycles. The Balaban J connectivity index is 1.73. The number of rotatable bonds is 3. The first-order valence-electron chi connectivity index (χ1n) is 6.24. The molecule has 0 saturated heterocycles. The van der Waals surface area contributed by atoms with Crippen molar-refractivity contribution < 1.29 is 13.9 Å². The van der Waals surface area contributed by atoms with Crippen LogP contribution in [0.5, 0.6) is 5.75 Å². The van der Waals surface area contributed by atoms with Crippen LogP contribution in [-0.4, -0.2) is 21.2 Å². The summed E-state index contributed by atoms with van der Waals surface area (Å²) < 4.78 is 10.3. The number of ether oxygens (including phenoxy) is 1. The fourth-order valence-corrected chi connectivity index (χ4v) is 1.72. The smallest absolute Gasteiger partial charge is 0.345 e. The number of esters is 1. The molecule has 0 N–H and O–H groups in total. The lowest BCUT2D eigenvalue weighted by molar-refractivity contribution is 0.0734. The zero-order chi connectivity index (χ0) is 14.7. The van der Waals surface area contributed by atoms with Crippen LogP contribution < -0.4 is 4.74 Å². The van der Waals surface area contributed by atoms with Crippen LogP contribution in [0.1, 0.15) is 16.1 Å². The third-order valence-corrected chi connectivity index (χ3v) is 2.82. The zero-order valence-corrected chi connectivity index (χ0v) is 11.2. The van der Waals surface area contributed by atoms with Crippen LogP contribution in [0.3, 0.4) is 0 Å². The highest BCUT2D eigenvalue weighted by Gasteiger charge is 2.09. The third kappa shape index (κ3) is 2.94. The number of carbonyl (C=O) groups is 1. The van der Waals surface area contributed by atoms with E-state index >= 15 is 0 Å². The molecule has 6 heteroatoms. The number of nitrogens with zero attached hydrogens (tertiary/aromatic N) is 3. The van der Waals surface area contributed by atoms with E-state index < -0.39 is 5.97 Å². The minimum atomic E-state index is -0.451. The molecule has 2 heterocycles. The molecule has 0 bridgehead atoms. The fourth-order valence-electron chi connectivity index (χ4n) is 1.72. The normalized spacial score (nSPS) is 10.3. The molecule has 0 atom stereocenters. The first kappa shape index (κ1) is 13.0. The van der Waals surface area contributed by atoms with Crippen LogP contribution in [-0.2, 0) is 0 Å². The van der Waals surface area contributed by atoms with Gasteiger partial charge in [-0.25, -0.2) is 4.79 Å². The molecule has 0 amide bonds. The Morgan fingerprint density at radius 1 is 1.14 bits per heavy atom. The molecule has 0 unspecified atom stereocenters. The first-order chi connectivity index (χ1) is 10.2. The molecular formula is C15H11N3O3. The van der Waals surface area contributed by atoms with Crippen molar-refractivity contribution in [2.45, 2.75) is 6.92 Å². The number of aromatic nitrogens is 3. The summed E-state index contributed by atoms with van der Waals surface area (Å²) in [6, 6.07) is 10.2. The average molecular weight is 281 g/mol. The minimum absolute atomic E-state index is 0.404. The molecule has 0 fully saturated rings. The Morgan fingerprint density at radius 3 is 2.57 bits per heavy atom. The summed E-state index contributed by atoms with van der Waals surface area (Å²) in [6.45, 7) is 1.85. The largest absolute Gasteiger partial charge is 0.423 e. The second kappa shape index (κ2) is 5.54. The summed E-state index contributed by atoms with van der Waals surface area (Å²) in [5.41, 5.74) is 2.00. The number of pyridine rings is 1. The van der Waals surface area contributed by atoms with Gasteiger partial charge in [-0.3, -0.25) is 4.98 Å². The summed E-state index contributed by atoms with van der Waals surface area (Å²) in [5, 5.41) is 7.41. The molecule has 21 heavy (non-hydrogen) atoms. The maximum absolute atomic E-state index is 11.9. The van der Waals surface area contributed by atoms with E-state index in [1.54, 1.807) is 36.4 Å². The Bertz CT molecular complexity index is 735. The van der Waals surface area contributed by atoms with Gasteiger partial charge in [-0.1, -0.05) is 0 Å². The third-order valence-electron chi connectivity index (χ3n) is 2.82. The summed E-state index contributed by atoms with van der Waals surface area (Å²) in [6.07, 6.45) is 2.75. The molecular weight excluding hydrogens is 270 g/mol. The predicted octanol–water partition coefficient (Wildman–Crippen LogP) is 2.66. The number of aryl methyl sites for hydroxylation is 1. The maximum atomic E-state index is 11.9. The predicted molar refractivity (Wildman–Crippen MR) is 73.7 cm³/mol. The van der Waals surface area contributed by atoms with Crippen molar-refractivity contribution >= 4 is 5.97 Å². The molecule has 0 radical (unpaired) electrons. The van der Waals surface area contributed by atoms with Gasteiger partial charge >= 0.3 is 5.97 Å². The zero-order valence-electron chi connectivity index (χ0n) is 11.2. The molecule has 0 aliphatic carbocycles. The van der Waals surface area contributed by atoms with Crippen molar-refractivity contribution in [1.82, 2.24) is 15.2 Å². The lowest BCUT2D eigenvalue weighted by Crippen LogP contribution is -2.08. The van der Waals surface area contributed by atoms with Crippen LogP contribution >= 0.6 is 0 Å². The van der Waals surface area contributed by atoms with E-state index in [0.717, 1.165) is 11.3 Å². The summed E-state index contributed by atoms with van der Waals surface area (Å²) in [7, 11) is 0. The summed E-state index contributed by atoms with van der Waals surface area (Å²) in [4.78, 5) is 16.0. The van der Waals surface area contributed by atoms with Crippen molar-refractivity contribution in [1.29, 1.82) is 0 Å². The van der Waals surface area contributed by atoms with Gasteiger partial charge in [0.05, 0.1) is 5.56 Å². The maximum Gasteiger partial charge on any atom is 0.345 e. The highest BCUT2D eigenvalue weighted by molar-refractivity contribution is 5.90. The van der Waals surface area contributed by atoms with E-state index in [1.807, 2.05) is 6.92 Å². The number of hydrogen-bond donors (Lipinski definition) is 0. The standard InChI is InChI=1S/C15H11N3O3/c1-10-2-3-12(8-16-10)15(19)21-13-6-4-11(5-7-13)14-18-17-9-20-14/h2-9H,1H3. The van der Waals surface area contributed by atoms with E-state index in [9.17, 15) is 4.79 Å². The van der Waals surface area contributed by atoms with Gasteiger partial charge in [-0.05, 0) is 43.3 Å². The Hall–Kier alpha value is -3.02. The van der Waals surface area contributed by atoms with Crippen LogP contribution in [0.15, 0.2) is 53.4 Å². The van der Waals surface area contributed by atoms with Crippen molar-refractivity contribution in [3.8, 4) is 17.2 Å². The van der Waals surface area contributed by atoms with Gasteiger partial charge in [0, 0.05) is 17.5 Å². The number of benzene rings is 1. The van der Waals surface area contributed by atoms with Crippen molar-refractivity contribution in [3.05, 3.63) is 60.2 Å². The SMILES string of the molecule is Cc1ccc(C(=O)Oc2ccc(-c3nnco3)cc2)cn1. The van der Waals surface area contributed by atoms with E-state index in [2.05, 4.69) is 15.2 Å². The fraction of sp³-hybridized carbons (Fsp3) is 0.0667. The van der Waals surface area contributed by atoms with Gasteiger partial charge in [0.25, 0.3) is 0 Å². The van der Waals surface area contributed by atoms with E-state index in [4.69, 9.17) is 9.15 Å². The number of carbonyl (C=O) groups excluding carboxylic acids is 1. The number of hydrogen-bond acceptors (Lipinski definition) is 6. The van der Waals surface area contributed by atoms with E-state index in [1.165, 1.54) is 12.6 Å². The van der Waals surface area contributed by atoms with Crippen molar-refractivity contribution in [2.75, 3.05) is 0 Å². The van der Waals surface area contributed by atoms with Gasteiger partial charge < -0.3 is 9.15 Å². The second-order valence-corrected chi connectivity index (χ2v) is 4.35. The molecule has 104 valence electrons. The molecule has 6 nitrogen and oxygen atoms in total. The van der Waals surface area contributed by atoms with Gasteiger partial charge in [-0.15, -0.1) is 10.2 Å². The van der Waals surface area contributed by atoms with Crippen molar-refractivity contribution in [3.63, 3.8) is 0 Å². The molecule has 0 spiro atoms.